The van der Waals surface area contributed by atoms with Crippen LogP contribution < -0.4 is 0 Å². The lowest BCUT2D eigenvalue weighted by Gasteiger charge is -2.14. The van der Waals surface area contributed by atoms with E-state index in [-0.39, 0.29) is 11.7 Å². The Morgan fingerprint density at radius 3 is 2.31 bits per heavy atom. The quantitative estimate of drug-likeness (QED) is 0.267. The molecule has 174 valence electrons. The predicted octanol–water partition coefficient (Wildman–Crippen LogP) is 8.55. The molecule has 1 atom stereocenters. The number of phenolic OH excluding ortho intramolecular Hbond substituents is 1. The van der Waals surface area contributed by atoms with Gasteiger partial charge in [0.25, 0.3) is 0 Å². The highest BCUT2D eigenvalue weighted by Crippen LogP contribution is 2.39. The molecule has 2 aromatic heterocycles. The van der Waals surface area contributed by atoms with Crippen molar-refractivity contribution in [2.75, 3.05) is 0 Å². The van der Waals surface area contributed by atoms with Crippen LogP contribution in [-0.4, -0.2) is 15.1 Å². The van der Waals surface area contributed by atoms with E-state index in [9.17, 15) is 5.11 Å². The Labute approximate surface area is 214 Å². The van der Waals surface area contributed by atoms with Gasteiger partial charge in [0.2, 0.25) is 0 Å². The van der Waals surface area contributed by atoms with Gasteiger partial charge in [-0.3, -0.25) is 4.98 Å². The first-order valence-electron chi connectivity index (χ1n) is 12.0. The van der Waals surface area contributed by atoms with Crippen molar-refractivity contribution >= 4 is 21.6 Å². The molecule has 36 heavy (non-hydrogen) atoms. The average molecular weight is 485 g/mol. The van der Waals surface area contributed by atoms with Gasteiger partial charge in [-0.05, 0) is 53.1 Å². The third kappa shape index (κ3) is 4.16. The molecule has 0 amide bonds. The normalized spacial score (nSPS) is 12.0. The molecule has 0 bridgehead atoms. The van der Waals surface area contributed by atoms with Gasteiger partial charge in [-0.25, -0.2) is 4.98 Å². The second-order valence-electron chi connectivity index (χ2n) is 8.88. The summed E-state index contributed by atoms with van der Waals surface area (Å²) in [6, 6.07) is 37.0. The largest absolute Gasteiger partial charge is 0.507 e. The molecular weight excluding hydrogens is 460 g/mol. The molecule has 0 radical (unpaired) electrons. The van der Waals surface area contributed by atoms with Crippen molar-refractivity contribution in [1.82, 2.24) is 9.97 Å². The standard InChI is InChI=1S/C32H24N2OS/c1-21(22-9-3-2-4-10-22)23-17-18-33-28(20-23)25-12-7-11-24(19-25)26-14-8-16-30-31(26)34-32(36-30)27-13-5-6-15-29(27)35/h2-21,35H,1H3. The van der Waals surface area contributed by atoms with Crippen LogP contribution in [0.2, 0.25) is 0 Å². The van der Waals surface area contributed by atoms with E-state index >= 15 is 0 Å². The molecule has 1 unspecified atom stereocenters. The van der Waals surface area contributed by atoms with Crippen LogP contribution >= 0.6 is 11.3 Å². The molecule has 0 aliphatic rings. The number of para-hydroxylation sites is 2. The van der Waals surface area contributed by atoms with E-state index in [4.69, 9.17) is 9.97 Å². The lowest BCUT2D eigenvalue weighted by molar-refractivity contribution is 0.477. The molecule has 0 aliphatic carbocycles. The number of pyridine rings is 1. The fourth-order valence-corrected chi connectivity index (χ4v) is 5.63. The molecule has 0 aliphatic heterocycles. The number of hydrogen-bond acceptors (Lipinski definition) is 4. The zero-order valence-electron chi connectivity index (χ0n) is 19.8. The van der Waals surface area contributed by atoms with E-state index in [2.05, 4.69) is 85.8 Å². The Bertz CT molecular complexity index is 1670. The summed E-state index contributed by atoms with van der Waals surface area (Å²) in [7, 11) is 0. The summed E-state index contributed by atoms with van der Waals surface area (Å²) in [5, 5.41) is 11.1. The molecule has 0 saturated carbocycles. The van der Waals surface area contributed by atoms with Gasteiger partial charge in [0.1, 0.15) is 10.8 Å². The fourth-order valence-electron chi connectivity index (χ4n) is 4.61. The summed E-state index contributed by atoms with van der Waals surface area (Å²) in [6.45, 7) is 2.23. The first-order valence-corrected chi connectivity index (χ1v) is 12.8. The molecular formula is C32H24N2OS. The molecule has 4 heteroatoms. The number of aromatic nitrogens is 2. The second kappa shape index (κ2) is 9.40. The van der Waals surface area contributed by atoms with Crippen LogP contribution in [0.25, 0.3) is 43.2 Å². The Morgan fingerprint density at radius 2 is 1.44 bits per heavy atom. The Balaban J connectivity index is 1.39. The lowest BCUT2D eigenvalue weighted by Crippen LogP contribution is -1.97. The zero-order valence-corrected chi connectivity index (χ0v) is 20.6. The maximum absolute atomic E-state index is 10.3. The third-order valence-corrected chi connectivity index (χ3v) is 7.66. The highest BCUT2D eigenvalue weighted by atomic mass is 32.1. The predicted molar refractivity (Wildman–Crippen MR) is 149 cm³/mol. The molecule has 2 heterocycles. The first-order chi connectivity index (χ1) is 17.7. The van der Waals surface area contributed by atoms with Gasteiger partial charge in [-0.1, -0.05) is 79.7 Å². The fraction of sp³-hybridized carbons (Fsp3) is 0.0625. The van der Waals surface area contributed by atoms with Crippen molar-refractivity contribution in [2.45, 2.75) is 12.8 Å². The minimum Gasteiger partial charge on any atom is -0.507 e. The maximum Gasteiger partial charge on any atom is 0.128 e. The van der Waals surface area contributed by atoms with Gasteiger partial charge in [-0.2, -0.15) is 0 Å². The smallest absolute Gasteiger partial charge is 0.128 e. The molecule has 0 spiro atoms. The van der Waals surface area contributed by atoms with Gasteiger partial charge < -0.3 is 5.11 Å². The van der Waals surface area contributed by atoms with Crippen LogP contribution in [0, 0.1) is 0 Å². The number of hydrogen-bond donors (Lipinski definition) is 1. The molecule has 6 aromatic rings. The van der Waals surface area contributed by atoms with Crippen molar-refractivity contribution in [3.63, 3.8) is 0 Å². The van der Waals surface area contributed by atoms with Crippen LogP contribution in [0.5, 0.6) is 5.75 Å². The number of nitrogens with zero attached hydrogens (tertiary/aromatic N) is 2. The van der Waals surface area contributed by atoms with Gasteiger partial charge in [0, 0.05) is 23.2 Å². The van der Waals surface area contributed by atoms with E-state index in [0.29, 0.717) is 0 Å². The SMILES string of the molecule is CC(c1ccccc1)c1ccnc(-c2cccc(-c3cccc4sc(-c5ccccc5O)nc34)c2)c1. The highest BCUT2D eigenvalue weighted by Gasteiger charge is 2.15. The summed E-state index contributed by atoms with van der Waals surface area (Å²) < 4.78 is 1.09. The monoisotopic (exact) mass is 484 g/mol. The van der Waals surface area contributed by atoms with Crippen molar-refractivity contribution in [3.8, 4) is 38.7 Å². The second-order valence-corrected chi connectivity index (χ2v) is 9.91. The van der Waals surface area contributed by atoms with Crippen LogP contribution in [0.15, 0.2) is 115 Å². The number of aromatic hydroxyl groups is 1. The van der Waals surface area contributed by atoms with Gasteiger partial charge in [-0.15, -0.1) is 11.3 Å². The lowest BCUT2D eigenvalue weighted by atomic mass is 9.92. The van der Waals surface area contributed by atoms with E-state index in [1.165, 1.54) is 11.1 Å². The van der Waals surface area contributed by atoms with Gasteiger partial charge in [0.15, 0.2) is 0 Å². The van der Waals surface area contributed by atoms with Crippen LogP contribution in [0.1, 0.15) is 24.0 Å². The summed E-state index contributed by atoms with van der Waals surface area (Å²) in [5.41, 5.74) is 8.42. The zero-order chi connectivity index (χ0) is 24.5. The summed E-state index contributed by atoms with van der Waals surface area (Å²) in [4.78, 5) is 9.63. The summed E-state index contributed by atoms with van der Waals surface area (Å²) >= 11 is 1.59. The van der Waals surface area contributed by atoms with Crippen molar-refractivity contribution in [1.29, 1.82) is 0 Å². The topological polar surface area (TPSA) is 46.0 Å². The number of rotatable bonds is 5. The van der Waals surface area contributed by atoms with E-state index in [1.54, 1.807) is 17.4 Å². The van der Waals surface area contributed by atoms with E-state index < -0.39 is 0 Å². The maximum atomic E-state index is 10.3. The minimum atomic E-state index is 0.246. The number of thiazole rings is 1. The average Bonchev–Trinajstić information content (AvgIpc) is 3.38. The number of benzene rings is 4. The summed E-state index contributed by atoms with van der Waals surface area (Å²) in [5.74, 6) is 0.531. The minimum absolute atomic E-state index is 0.246. The summed E-state index contributed by atoms with van der Waals surface area (Å²) in [6.07, 6.45) is 1.90. The first kappa shape index (κ1) is 22.2. The highest BCUT2D eigenvalue weighted by molar-refractivity contribution is 7.21. The Kier molecular flexibility index (Phi) is 5.80. The van der Waals surface area contributed by atoms with E-state index in [1.807, 2.05) is 30.5 Å². The molecule has 4 aromatic carbocycles. The molecule has 6 rings (SSSR count). The Morgan fingerprint density at radius 1 is 0.694 bits per heavy atom. The van der Waals surface area contributed by atoms with Crippen molar-refractivity contribution < 1.29 is 5.11 Å². The van der Waals surface area contributed by atoms with Crippen LogP contribution in [0.3, 0.4) is 0 Å². The van der Waals surface area contributed by atoms with Crippen molar-refractivity contribution in [3.05, 3.63) is 127 Å². The molecule has 0 saturated heterocycles. The van der Waals surface area contributed by atoms with Crippen molar-refractivity contribution in [2.24, 2.45) is 0 Å². The number of fused-ring (bicyclic) bond motifs is 1. The Hall–Kier alpha value is -4.28. The molecule has 0 fully saturated rings. The van der Waals surface area contributed by atoms with Gasteiger partial charge >= 0.3 is 0 Å². The number of phenols is 1. The van der Waals surface area contributed by atoms with Crippen LogP contribution in [-0.2, 0) is 0 Å². The van der Waals surface area contributed by atoms with E-state index in [0.717, 1.165) is 43.2 Å². The van der Waals surface area contributed by atoms with Gasteiger partial charge in [0.05, 0.1) is 21.5 Å². The third-order valence-electron chi connectivity index (χ3n) is 6.61. The molecule has 3 nitrogen and oxygen atoms in total. The van der Waals surface area contributed by atoms with Crippen LogP contribution in [0.4, 0.5) is 0 Å². The molecule has 1 N–H and O–H groups in total.